The van der Waals surface area contributed by atoms with Crippen LogP contribution >= 0.6 is 0 Å². The minimum absolute atomic E-state index is 0.255. The Bertz CT molecular complexity index is 218. The zero-order valence-electron chi connectivity index (χ0n) is 12.3. The summed E-state index contributed by atoms with van der Waals surface area (Å²) in [5.74, 6) is 0. The third-order valence-corrected chi connectivity index (χ3v) is 4.13. The monoisotopic (exact) mass is 242 g/mol. The second-order valence-electron chi connectivity index (χ2n) is 5.96. The maximum Gasteiger partial charge on any atom is 0.0698 e. The van der Waals surface area contributed by atoms with Gasteiger partial charge in [0, 0.05) is 31.8 Å². The molecular weight excluding hydrogens is 212 g/mol. The lowest BCUT2D eigenvalue weighted by Gasteiger charge is -2.37. The van der Waals surface area contributed by atoms with Crippen LogP contribution in [0.3, 0.4) is 0 Å². The Morgan fingerprint density at radius 1 is 1.47 bits per heavy atom. The standard InChI is InChI=1S/C14H30N2O/c1-6-14(3,4)15-10-12(2)16-9-7-8-13(11-16)17-5/h12-13,15H,6-11H2,1-5H3. The predicted octanol–water partition coefficient (Wildman–Crippen LogP) is 2.26. The lowest BCUT2D eigenvalue weighted by atomic mass is 10.0. The molecule has 1 saturated heterocycles. The topological polar surface area (TPSA) is 24.5 Å². The molecule has 0 aromatic carbocycles. The molecule has 0 amide bonds. The van der Waals surface area contributed by atoms with Crippen molar-refractivity contribution in [3.05, 3.63) is 0 Å². The summed E-state index contributed by atoms with van der Waals surface area (Å²) in [6.45, 7) is 12.5. The minimum atomic E-state index is 0.255. The summed E-state index contributed by atoms with van der Waals surface area (Å²) in [7, 11) is 1.83. The molecule has 0 aliphatic carbocycles. The summed E-state index contributed by atoms with van der Waals surface area (Å²) in [4.78, 5) is 2.55. The molecule has 1 N–H and O–H groups in total. The number of hydrogen-bond donors (Lipinski definition) is 1. The van der Waals surface area contributed by atoms with E-state index in [2.05, 4.69) is 37.9 Å². The number of piperidine rings is 1. The molecule has 0 spiro atoms. The Kier molecular flexibility index (Phi) is 5.90. The summed E-state index contributed by atoms with van der Waals surface area (Å²) in [6.07, 6.45) is 4.08. The molecule has 1 rings (SSSR count). The zero-order chi connectivity index (χ0) is 12.9. The fraction of sp³-hybridized carbons (Fsp3) is 1.00. The van der Waals surface area contributed by atoms with Crippen molar-refractivity contribution in [2.24, 2.45) is 0 Å². The Morgan fingerprint density at radius 3 is 2.76 bits per heavy atom. The zero-order valence-corrected chi connectivity index (χ0v) is 12.3. The second-order valence-corrected chi connectivity index (χ2v) is 5.96. The average Bonchev–Trinajstić information content (AvgIpc) is 2.36. The van der Waals surface area contributed by atoms with Crippen molar-refractivity contribution in [3.8, 4) is 0 Å². The first kappa shape index (κ1) is 14.9. The van der Waals surface area contributed by atoms with Gasteiger partial charge in [-0.15, -0.1) is 0 Å². The summed E-state index contributed by atoms with van der Waals surface area (Å²) < 4.78 is 5.48. The van der Waals surface area contributed by atoms with Crippen molar-refractivity contribution in [3.63, 3.8) is 0 Å². The lowest BCUT2D eigenvalue weighted by molar-refractivity contribution is 0.0165. The first-order valence-electron chi connectivity index (χ1n) is 7.00. The number of rotatable bonds is 6. The van der Waals surface area contributed by atoms with Crippen LogP contribution in [0.4, 0.5) is 0 Å². The van der Waals surface area contributed by atoms with Crippen LogP contribution in [-0.4, -0.2) is 49.3 Å². The highest BCUT2D eigenvalue weighted by molar-refractivity contribution is 4.82. The van der Waals surface area contributed by atoms with E-state index in [0.717, 1.165) is 13.1 Å². The van der Waals surface area contributed by atoms with Crippen LogP contribution in [-0.2, 0) is 4.74 Å². The van der Waals surface area contributed by atoms with Gasteiger partial charge in [0.1, 0.15) is 0 Å². The summed E-state index contributed by atoms with van der Waals surface area (Å²) >= 11 is 0. The maximum atomic E-state index is 5.48. The van der Waals surface area contributed by atoms with Crippen molar-refractivity contribution >= 4 is 0 Å². The molecule has 1 aliphatic heterocycles. The minimum Gasteiger partial charge on any atom is -0.380 e. The van der Waals surface area contributed by atoms with Crippen molar-refractivity contribution in [1.82, 2.24) is 10.2 Å². The van der Waals surface area contributed by atoms with Crippen LogP contribution in [0.25, 0.3) is 0 Å². The third kappa shape index (κ3) is 4.94. The van der Waals surface area contributed by atoms with Gasteiger partial charge in [-0.1, -0.05) is 6.92 Å². The molecule has 3 heteroatoms. The number of methoxy groups -OCH3 is 1. The highest BCUT2D eigenvalue weighted by Gasteiger charge is 2.24. The Labute approximate surface area is 107 Å². The average molecular weight is 242 g/mol. The summed E-state index contributed by atoms with van der Waals surface area (Å²) in [6, 6.07) is 0.596. The van der Waals surface area contributed by atoms with Crippen molar-refractivity contribution in [2.45, 2.75) is 64.6 Å². The predicted molar refractivity (Wildman–Crippen MR) is 73.4 cm³/mol. The second kappa shape index (κ2) is 6.72. The smallest absolute Gasteiger partial charge is 0.0698 e. The van der Waals surface area contributed by atoms with Gasteiger partial charge in [-0.25, -0.2) is 0 Å². The van der Waals surface area contributed by atoms with Gasteiger partial charge in [-0.3, -0.25) is 4.90 Å². The molecule has 1 heterocycles. The first-order valence-corrected chi connectivity index (χ1v) is 7.00. The van der Waals surface area contributed by atoms with E-state index in [1.807, 2.05) is 7.11 Å². The van der Waals surface area contributed by atoms with E-state index in [-0.39, 0.29) is 5.54 Å². The van der Waals surface area contributed by atoms with Gasteiger partial charge in [0.2, 0.25) is 0 Å². The molecule has 1 fully saturated rings. The lowest BCUT2D eigenvalue weighted by Crippen LogP contribution is -2.51. The van der Waals surface area contributed by atoms with E-state index in [4.69, 9.17) is 4.74 Å². The fourth-order valence-corrected chi connectivity index (χ4v) is 2.24. The SMILES string of the molecule is CCC(C)(C)NCC(C)N1CCCC(OC)C1. The van der Waals surface area contributed by atoms with Crippen LogP contribution in [0.1, 0.15) is 47.0 Å². The Balaban J connectivity index is 2.34. The van der Waals surface area contributed by atoms with E-state index >= 15 is 0 Å². The van der Waals surface area contributed by atoms with E-state index in [1.54, 1.807) is 0 Å². The number of likely N-dealkylation sites (tertiary alicyclic amines) is 1. The molecule has 0 aromatic heterocycles. The van der Waals surface area contributed by atoms with Gasteiger partial charge in [0.25, 0.3) is 0 Å². The van der Waals surface area contributed by atoms with Gasteiger partial charge in [0.05, 0.1) is 6.10 Å². The fourth-order valence-electron chi connectivity index (χ4n) is 2.24. The van der Waals surface area contributed by atoms with Crippen molar-refractivity contribution in [1.29, 1.82) is 0 Å². The molecule has 0 saturated carbocycles. The highest BCUT2D eigenvalue weighted by atomic mass is 16.5. The van der Waals surface area contributed by atoms with Crippen LogP contribution < -0.4 is 5.32 Å². The molecular formula is C14H30N2O. The molecule has 3 nitrogen and oxygen atoms in total. The van der Waals surface area contributed by atoms with Gasteiger partial charge in [0.15, 0.2) is 0 Å². The van der Waals surface area contributed by atoms with Crippen LogP contribution in [0, 0.1) is 0 Å². The van der Waals surface area contributed by atoms with E-state index in [0.29, 0.717) is 12.1 Å². The number of ether oxygens (including phenoxy) is 1. The quantitative estimate of drug-likeness (QED) is 0.773. The van der Waals surface area contributed by atoms with Gasteiger partial charge < -0.3 is 10.1 Å². The van der Waals surface area contributed by atoms with E-state index < -0.39 is 0 Å². The Hall–Kier alpha value is -0.120. The number of hydrogen-bond acceptors (Lipinski definition) is 3. The first-order chi connectivity index (χ1) is 7.98. The molecule has 1 aliphatic rings. The van der Waals surface area contributed by atoms with Gasteiger partial charge in [-0.2, -0.15) is 0 Å². The highest BCUT2D eigenvalue weighted by Crippen LogP contribution is 2.15. The summed E-state index contributed by atoms with van der Waals surface area (Å²) in [5.41, 5.74) is 0.255. The van der Waals surface area contributed by atoms with Crippen molar-refractivity contribution < 1.29 is 4.74 Å². The molecule has 0 bridgehead atoms. The third-order valence-electron chi connectivity index (χ3n) is 4.13. The maximum absolute atomic E-state index is 5.48. The molecule has 2 atom stereocenters. The molecule has 102 valence electrons. The number of nitrogens with one attached hydrogen (secondary N) is 1. The van der Waals surface area contributed by atoms with E-state index in [9.17, 15) is 0 Å². The molecule has 17 heavy (non-hydrogen) atoms. The van der Waals surface area contributed by atoms with Crippen molar-refractivity contribution in [2.75, 3.05) is 26.7 Å². The van der Waals surface area contributed by atoms with E-state index in [1.165, 1.54) is 25.8 Å². The van der Waals surface area contributed by atoms with Crippen LogP contribution in [0.5, 0.6) is 0 Å². The molecule has 2 unspecified atom stereocenters. The largest absolute Gasteiger partial charge is 0.380 e. The molecule has 0 aromatic rings. The normalized spacial score (nSPS) is 24.9. The van der Waals surface area contributed by atoms with Crippen LogP contribution in [0.15, 0.2) is 0 Å². The van der Waals surface area contributed by atoms with Gasteiger partial charge in [-0.05, 0) is 46.6 Å². The van der Waals surface area contributed by atoms with Crippen LogP contribution in [0.2, 0.25) is 0 Å². The summed E-state index contributed by atoms with van der Waals surface area (Å²) in [5, 5.41) is 3.66. The molecule has 0 radical (unpaired) electrons. The Morgan fingerprint density at radius 2 is 2.18 bits per heavy atom. The number of nitrogens with zero attached hydrogens (tertiary/aromatic N) is 1. The van der Waals surface area contributed by atoms with Gasteiger partial charge >= 0.3 is 0 Å².